The highest BCUT2D eigenvalue weighted by atomic mass is 79.9. The van der Waals surface area contributed by atoms with Crippen LogP contribution in [0.2, 0.25) is 0 Å². The van der Waals surface area contributed by atoms with E-state index in [1.165, 1.54) is 5.56 Å². The fourth-order valence-corrected chi connectivity index (χ4v) is 3.90. The Balaban J connectivity index is 0.00000456. The molecule has 0 aromatic heterocycles. The Labute approximate surface area is 225 Å². The lowest BCUT2D eigenvalue weighted by atomic mass is 10.1. The summed E-state index contributed by atoms with van der Waals surface area (Å²) in [7, 11) is 4.00. The van der Waals surface area contributed by atoms with Crippen LogP contribution in [0.5, 0.6) is 5.75 Å². The average molecular weight is 554 g/mol. The highest BCUT2D eigenvalue weighted by Crippen LogP contribution is 2.14. The van der Waals surface area contributed by atoms with E-state index in [1.807, 2.05) is 62.6 Å². The average Bonchev–Trinajstić information content (AvgIpc) is 2.87. The number of quaternary nitrogens is 1. The Hall–Kier alpha value is -2.96. The first-order valence-corrected chi connectivity index (χ1v) is 12.4. The minimum absolute atomic E-state index is 0. The van der Waals surface area contributed by atoms with Crippen LogP contribution in [0.25, 0.3) is 0 Å². The molecule has 0 saturated carbocycles. The highest BCUT2D eigenvalue weighted by molar-refractivity contribution is 5.97. The molecule has 0 atom stereocenters. The first-order chi connectivity index (χ1) is 16.9. The van der Waals surface area contributed by atoms with E-state index in [0.29, 0.717) is 36.3 Å². The molecule has 0 spiro atoms. The van der Waals surface area contributed by atoms with Crippen LogP contribution in [0.15, 0.2) is 84.9 Å². The number of Topliss-reactive ketones (excluding diaryl/α,β-unsaturated/α-hetero) is 1. The van der Waals surface area contributed by atoms with E-state index in [-0.39, 0.29) is 28.7 Å². The van der Waals surface area contributed by atoms with Gasteiger partial charge in [-0.3, -0.25) is 9.59 Å². The zero-order valence-corrected chi connectivity index (χ0v) is 22.9. The molecule has 0 heterocycles. The number of ether oxygens (including phenoxy) is 1. The van der Waals surface area contributed by atoms with Crippen molar-refractivity contribution in [1.82, 2.24) is 5.32 Å². The molecular formula is C30H37BrN2O3. The summed E-state index contributed by atoms with van der Waals surface area (Å²) in [6.07, 6.45) is 4.39. The van der Waals surface area contributed by atoms with Crippen molar-refractivity contribution in [2.24, 2.45) is 0 Å². The van der Waals surface area contributed by atoms with Crippen LogP contribution in [0.4, 0.5) is 0 Å². The molecule has 0 fully saturated rings. The smallest absolute Gasteiger partial charge is 0.251 e. The molecule has 3 rings (SSSR count). The third kappa shape index (κ3) is 10.3. The van der Waals surface area contributed by atoms with Crippen molar-refractivity contribution in [1.29, 1.82) is 0 Å². The Kier molecular flexibility index (Phi) is 12.4. The number of nitrogens with one attached hydrogen (secondary N) is 1. The van der Waals surface area contributed by atoms with E-state index in [9.17, 15) is 9.59 Å². The molecular weight excluding hydrogens is 516 g/mol. The Morgan fingerprint density at radius 3 is 2.08 bits per heavy atom. The fourth-order valence-electron chi connectivity index (χ4n) is 3.90. The number of benzene rings is 3. The van der Waals surface area contributed by atoms with E-state index >= 15 is 0 Å². The zero-order chi connectivity index (χ0) is 24.9. The Morgan fingerprint density at radius 2 is 1.42 bits per heavy atom. The predicted molar refractivity (Wildman–Crippen MR) is 141 cm³/mol. The number of rotatable bonds is 14. The largest absolute Gasteiger partial charge is 1.00 e. The molecule has 0 bridgehead atoms. The van der Waals surface area contributed by atoms with Crippen LogP contribution in [0.1, 0.15) is 45.5 Å². The number of nitrogens with zero attached hydrogens (tertiary/aromatic N) is 1. The molecule has 36 heavy (non-hydrogen) atoms. The van der Waals surface area contributed by atoms with Gasteiger partial charge in [0.1, 0.15) is 12.3 Å². The van der Waals surface area contributed by atoms with Crippen molar-refractivity contribution in [2.75, 3.05) is 40.3 Å². The number of unbranched alkanes of at least 4 members (excludes halogenated alkanes) is 2. The molecule has 1 amide bonds. The minimum Gasteiger partial charge on any atom is -1.00 e. The number of ketones is 1. The van der Waals surface area contributed by atoms with Gasteiger partial charge in [0.05, 0.1) is 33.8 Å². The van der Waals surface area contributed by atoms with Gasteiger partial charge in [0, 0.05) is 11.1 Å². The van der Waals surface area contributed by atoms with E-state index in [4.69, 9.17) is 4.74 Å². The lowest BCUT2D eigenvalue weighted by molar-refractivity contribution is -0.880. The van der Waals surface area contributed by atoms with E-state index in [1.54, 1.807) is 12.1 Å². The number of likely N-dealkylation sites (N-methyl/N-ethyl adjacent to an activating group) is 1. The van der Waals surface area contributed by atoms with Gasteiger partial charge in [-0.05, 0) is 55.5 Å². The van der Waals surface area contributed by atoms with Crippen LogP contribution in [0.3, 0.4) is 0 Å². The van der Waals surface area contributed by atoms with Gasteiger partial charge in [-0.2, -0.15) is 0 Å². The summed E-state index contributed by atoms with van der Waals surface area (Å²) >= 11 is 0. The molecule has 0 aliphatic carbocycles. The second kappa shape index (κ2) is 15.2. The van der Waals surface area contributed by atoms with Gasteiger partial charge in [-0.15, -0.1) is 0 Å². The summed E-state index contributed by atoms with van der Waals surface area (Å²) in [6.45, 7) is 2.22. The SMILES string of the molecule is C[N+](C)(CCNC(=O)c1ccc(OCCCCCc2ccccc2)cc1)CC(=O)c1ccccc1.[Br-]. The van der Waals surface area contributed by atoms with Crippen molar-refractivity contribution in [3.63, 3.8) is 0 Å². The van der Waals surface area contributed by atoms with Gasteiger partial charge >= 0.3 is 0 Å². The standard InChI is InChI=1S/C30H36N2O3.BrH/c1-32(2,24-29(33)26-15-9-4-10-16-26)22-21-31-30(34)27-17-19-28(20-18-27)35-23-11-5-8-14-25-12-6-3-7-13-25;/h3-4,6-7,9-10,12-13,15-20H,5,8,11,14,21-24H2,1-2H3;1H. The first-order valence-electron chi connectivity index (χ1n) is 12.4. The number of aryl methyl sites for hydroxylation is 1. The van der Waals surface area contributed by atoms with Crippen LogP contribution in [-0.2, 0) is 6.42 Å². The number of halogens is 1. The molecule has 6 heteroatoms. The van der Waals surface area contributed by atoms with Gasteiger partial charge < -0.3 is 31.5 Å². The maximum absolute atomic E-state index is 12.5. The molecule has 192 valence electrons. The summed E-state index contributed by atoms with van der Waals surface area (Å²) in [5, 5.41) is 2.96. The van der Waals surface area contributed by atoms with Gasteiger partial charge in [0.2, 0.25) is 5.78 Å². The molecule has 3 aromatic rings. The molecule has 0 unspecified atom stereocenters. The topological polar surface area (TPSA) is 55.4 Å². The van der Waals surface area contributed by atoms with Gasteiger partial charge in [-0.25, -0.2) is 0 Å². The summed E-state index contributed by atoms with van der Waals surface area (Å²) in [5.41, 5.74) is 2.70. The second-order valence-electron chi connectivity index (χ2n) is 9.53. The number of amides is 1. The predicted octanol–water partition coefficient (Wildman–Crippen LogP) is 2.17. The molecule has 0 radical (unpaired) electrons. The Bertz CT molecular complexity index is 1050. The molecule has 0 aliphatic heterocycles. The third-order valence-electron chi connectivity index (χ3n) is 6.01. The number of carbonyl (C=O) groups is 2. The molecule has 0 saturated heterocycles. The number of hydrogen-bond donors (Lipinski definition) is 1. The summed E-state index contributed by atoms with van der Waals surface area (Å²) in [5.74, 6) is 0.766. The van der Waals surface area contributed by atoms with Crippen LogP contribution >= 0.6 is 0 Å². The molecule has 0 aliphatic rings. The molecule has 1 N–H and O–H groups in total. The lowest BCUT2D eigenvalue weighted by Crippen LogP contribution is -3.00. The summed E-state index contributed by atoms with van der Waals surface area (Å²) < 4.78 is 6.33. The third-order valence-corrected chi connectivity index (χ3v) is 6.01. The number of carbonyl (C=O) groups excluding carboxylic acids is 2. The fraction of sp³-hybridized carbons (Fsp3) is 0.333. The van der Waals surface area contributed by atoms with E-state index in [2.05, 4.69) is 29.6 Å². The van der Waals surface area contributed by atoms with Crippen LogP contribution in [0, 0.1) is 0 Å². The first kappa shape index (κ1) is 29.3. The maximum Gasteiger partial charge on any atom is 0.251 e. The second-order valence-corrected chi connectivity index (χ2v) is 9.53. The lowest BCUT2D eigenvalue weighted by Gasteiger charge is -2.29. The van der Waals surface area contributed by atoms with E-state index < -0.39 is 0 Å². The normalized spacial score (nSPS) is 10.8. The highest BCUT2D eigenvalue weighted by Gasteiger charge is 2.21. The zero-order valence-electron chi connectivity index (χ0n) is 21.3. The van der Waals surface area contributed by atoms with Crippen LogP contribution in [-0.4, -0.2) is 56.5 Å². The van der Waals surface area contributed by atoms with Crippen molar-refractivity contribution < 1.29 is 35.8 Å². The van der Waals surface area contributed by atoms with Crippen molar-refractivity contribution in [2.45, 2.75) is 25.7 Å². The molecule has 5 nitrogen and oxygen atoms in total. The van der Waals surface area contributed by atoms with Crippen molar-refractivity contribution >= 4 is 11.7 Å². The van der Waals surface area contributed by atoms with Crippen molar-refractivity contribution in [3.8, 4) is 5.75 Å². The number of hydrogen-bond acceptors (Lipinski definition) is 3. The summed E-state index contributed by atoms with van der Waals surface area (Å²) in [4.78, 5) is 25.0. The van der Waals surface area contributed by atoms with Gasteiger partial charge in [0.15, 0.2) is 0 Å². The monoisotopic (exact) mass is 552 g/mol. The quantitative estimate of drug-likeness (QED) is 0.189. The Morgan fingerprint density at radius 1 is 0.778 bits per heavy atom. The maximum atomic E-state index is 12.5. The van der Waals surface area contributed by atoms with Gasteiger partial charge in [-0.1, -0.05) is 60.7 Å². The minimum atomic E-state index is -0.119. The summed E-state index contributed by atoms with van der Waals surface area (Å²) in [6, 6.07) is 27.1. The molecule has 3 aromatic carbocycles. The van der Waals surface area contributed by atoms with Crippen LogP contribution < -0.4 is 27.0 Å². The van der Waals surface area contributed by atoms with Gasteiger partial charge in [0.25, 0.3) is 5.91 Å². The van der Waals surface area contributed by atoms with Crippen molar-refractivity contribution in [3.05, 3.63) is 102 Å². The van der Waals surface area contributed by atoms with E-state index in [0.717, 1.165) is 37.0 Å².